The zero-order valence-corrected chi connectivity index (χ0v) is 10.2. The summed E-state index contributed by atoms with van der Waals surface area (Å²) >= 11 is 0. The van der Waals surface area contributed by atoms with Gasteiger partial charge in [-0.25, -0.2) is 4.79 Å². The Morgan fingerprint density at radius 3 is 2.35 bits per heavy atom. The van der Waals surface area contributed by atoms with E-state index in [1.54, 1.807) is 13.2 Å². The monoisotopic (exact) mass is 236 g/mol. The Morgan fingerprint density at radius 2 is 1.88 bits per heavy atom. The largest absolute Gasteiger partial charge is 0.497 e. The maximum absolute atomic E-state index is 11.4. The highest BCUT2D eigenvalue weighted by Gasteiger charge is 2.10. The first-order valence-corrected chi connectivity index (χ1v) is 5.28. The quantitative estimate of drug-likeness (QED) is 0.447. The van der Waals surface area contributed by atoms with Crippen molar-refractivity contribution in [1.82, 2.24) is 0 Å². The minimum absolute atomic E-state index is 0.195. The van der Waals surface area contributed by atoms with Crippen LogP contribution in [0.2, 0.25) is 0 Å². The molecule has 0 fully saturated rings. The summed E-state index contributed by atoms with van der Waals surface area (Å²) in [6, 6.07) is 7.29. The molecule has 0 amide bonds. The summed E-state index contributed by atoms with van der Waals surface area (Å²) in [7, 11) is 2.92. The lowest BCUT2D eigenvalue weighted by molar-refractivity contribution is -0.139. The molecule has 0 aliphatic carbocycles. The predicted molar refractivity (Wildman–Crippen MR) is 64.6 cm³/mol. The van der Waals surface area contributed by atoms with Gasteiger partial charge >= 0.3 is 5.97 Å². The Hall–Kier alpha value is -1.97. The van der Waals surface area contributed by atoms with Crippen LogP contribution >= 0.6 is 0 Å². The van der Waals surface area contributed by atoms with Crippen LogP contribution in [0, 0.1) is 0 Å². The molecule has 4 heteroatoms. The third-order valence-electron chi connectivity index (χ3n) is 2.10. The minimum atomic E-state index is -0.484. The second-order valence-electron chi connectivity index (χ2n) is 3.21. The number of hydrogen-bond donors (Lipinski definition) is 0. The zero-order chi connectivity index (χ0) is 12.7. The first-order valence-electron chi connectivity index (χ1n) is 5.28. The Balaban J connectivity index is 2.91. The van der Waals surface area contributed by atoms with Crippen molar-refractivity contribution in [1.29, 1.82) is 0 Å². The van der Waals surface area contributed by atoms with Crippen molar-refractivity contribution in [3.63, 3.8) is 0 Å². The Labute approximate surface area is 101 Å². The van der Waals surface area contributed by atoms with Crippen molar-refractivity contribution in [2.75, 3.05) is 20.8 Å². The van der Waals surface area contributed by atoms with Crippen LogP contribution in [0.25, 0.3) is 6.08 Å². The van der Waals surface area contributed by atoms with Gasteiger partial charge in [0.25, 0.3) is 0 Å². The van der Waals surface area contributed by atoms with Gasteiger partial charge in [-0.1, -0.05) is 12.1 Å². The molecule has 0 unspecified atom stereocenters. The van der Waals surface area contributed by atoms with Crippen LogP contribution in [-0.4, -0.2) is 26.8 Å². The van der Waals surface area contributed by atoms with E-state index < -0.39 is 5.97 Å². The van der Waals surface area contributed by atoms with E-state index in [1.165, 1.54) is 7.11 Å². The van der Waals surface area contributed by atoms with Gasteiger partial charge < -0.3 is 14.2 Å². The molecule has 0 aliphatic heterocycles. The molecule has 0 radical (unpaired) electrons. The molecule has 17 heavy (non-hydrogen) atoms. The zero-order valence-electron chi connectivity index (χ0n) is 10.2. The van der Waals surface area contributed by atoms with Crippen LogP contribution in [0.3, 0.4) is 0 Å². The molecule has 0 aliphatic rings. The van der Waals surface area contributed by atoms with Gasteiger partial charge in [-0.2, -0.15) is 0 Å². The number of carbonyl (C=O) groups is 1. The topological polar surface area (TPSA) is 44.8 Å². The van der Waals surface area contributed by atoms with E-state index >= 15 is 0 Å². The smallest absolute Gasteiger partial charge is 0.373 e. The van der Waals surface area contributed by atoms with Gasteiger partial charge in [-0.15, -0.1) is 0 Å². The third kappa shape index (κ3) is 3.83. The molecule has 1 aromatic carbocycles. The summed E-state index contributed by atoms with van der Waals surface area (Å²) in [5.41, 5.74) is 0.847. The van der Waals surface area contributed by atoms with Gasteiger partial charge in [-0.3, -0.25) is 0 Å². The average Bonchev–Trinajstić information content (AvgIpc) is 2.38. The standard InChI is InChI=1S/C13H16O4/c1-4-17-12(13(14)16-3)9-10-5-7-11(15-2)8-6-10/h5-9H,4H2,1-3H3/b12-9-. The van der Waals surface area contributed by atoms with Crippen LogP contribution < -0.4 is 4.74 Å². The number of rotatable bonds is 5. The van der Waals surface area contributed by atoms with Crippen molar-refractivity contribution in [2.24, 2.45) is 0 Å². The van der Waals surface area contributed by atoms with Crippen LogP contribution in [0.15, 0.2) is 30.0 Å². The van der Waals surface area contributed by atoms with E-state index in [4.69, 9.17) is 9.47 Å². The number of hydrogen-bond acceptors (Lipinski definition) is 4. The molecule has 4 nitrogen and oxygen atoms in total. The van der Waals surface area contributed by atoms with Crippen molar-refractivity contribution in [3.8, 4) is 5.75 Å². The van der Waals surface area contributed by atoms with Crippen LogP contribution in [-0.2, 0) is 14.3 Å². The van der Waals surface area contributed by atoms with E-state index in [2.05, 4.69) is 4.74 Å². The van der Waals surface area contributed by atoms with Crippen LogP contribution in [0.4, 0.5) is 0 Å². The molecule has 0 heterocycles. The fourth-order valence-corrected chi connectivity index (χ4v) is 1.27. The van der Waals surface area contributed by atoms with E-state index in [-0.39, 0.29) is 5.76 Å². The molecule has 0 saturated carbocycles. The highest BCUT2D eigenvalue weighted by molar-refractivity contribution is 5.91. The van der Waals surface area contributed by atoms with Crippen molar-refractivity contribution in [2.45, 2.75) is 6.92 Å². The summed E-state index contributed by atoms with van der Waals surface area (Å²) in [6.07, 6.45) is 1.63. The highest BCUT2D eigenvalue weighted by Crippen LogP contribution is 2.15. The summed E-state index contributed by atoms with van der Waals surface area (Å²) in [4.78, 5) is 11.4. The summed E-state index contributed by atoms with van der Waals surface area (Å²) in [5, 5.41) is 0. The Morgan fingerprint density at radius 1 is 1.24 bits per heavy atom. The second kappa shape index (κ2) is 6.58. The van der Waals surface area contributed by atoms with Gasteiger partial charge in [0, 0.05) is 0 Å². The molecule has 1 rings (SSSR count). The highest BCUT2D eigenvalue weighted by atomic mass is 16.6. The Bertz CT molecular complexity index is 392. The Kier molecular flexibility index (Phi) is 5.07. The van der Waals surface area contributed by atoms with Crippen LogP contribution in [0.5, 0.6) is 5.75 Å². The third-order valence-corrected chi connectivity index (χ3v) is 2.10. The van der Waals surface area contributed by atoms with E-state index in [1.807, 2.05) is 31.2 Å². The lowest BCUT2D eigenvalue weighted by Gasteiger charge is -2.06. The van der Waals surface area contributed by atoms with Gasteiger partial charge in [0.15, 0.2) is 0 Å². The van der Waals surface area contributed by atoms with Crippen molar-refractivity contribution in [3.05, 3.63) is 35.6 Å². The minimum Gasteiger partial charge on any atom is -0.497 e. The van der Waals surface area contributed by atoms with E-state index in [0.717, 1.165) is 11.3 Å². The molecular formula is C13H16O4. The summed E-state index contributed by atoms with van der Waals surface area (Å²) in [5.74, 6) is 0.473. The van der Waals surface area contributed by atoms with Gasteiger partial charge in [0.1, 0.15) is 5.75 Å². The van der Waals surface area contributed by atoms with E-state index in [0.29, 0.717) is 6.61 Å². The van der Waals surface area contributed by atoms with E-state index in [9.17, 15) is 4.79 Å². The molecule has 0 N–H and O–H groups in total. The lowest BCUT2D eigenvalue weighted by Crippen LogP contribution is -2.08. The number of benzene rings is 1. The van der Waals surface area contributed by atoms with Gasteiger partial charge in [0.2, 0.25) is 5.76 Å². The first-order chi connectivity index (χ1) is 8.21. The van der Waals surface area contributed by atoms with Crippen molar-refractivity contribution < 1.29 is 19.0 Å². The normalized spacial score (nSPS) is 10.9. The SMILES string of the molecule is CCO/C(=C\c1ccc(OC)cc1)C(=O)OC. The molecule has 0 spiro atoms. The molecule has 0 saturated heterocycles. The lowest BCUT2D eigenvalue weighted by atomic mass is 10.2. The molecular weight excluding hydrogens is 220 g/mol. The fourth-order valence-electron chi connectivity index (χ4n) is 1.27. The molecule has 0 aromatic heterocycles. The summed E-state index contributed by atoms with van der Waals surface area (Å²) < 4.78 is 14.9. The summed E-state index contributed by atoms with van der Waals surface area (Å²) in [6.45, 7) is 2.22. The number of esters is 1. The number of ether oxygens (including phenoxy) is 3. The van der Waals surface area contributed by atoms with Crippen LogP contribution in [0.1, 0.15) is 12.5 Å². The maximum Gasteiger partial charge on any atom is 0.373 e. The van der Waals surface area contributed by atoms with Gasteiger partial charge in [0.05, 0.1) is 20.8 Å². The van der Waals surface area contributed by atoms with Crippen molar-refractivity contribution >= 4 is 12.0 Å². The number of methoxy groups -OCH3 is 2. The van der Waals surface area contributed by atoms with Gasteiger partial charge in [-0.05, 0) is 30.7 Å². The fraction of sp³-hybridized carbons (Fsp3) is 0.308. The molecule has 0 bridgehead atoms. The average molecular weight is 236 g/mol. The maximum atomic E-state index is 11.4. The number of carbonyl (C=O) groups excluding carboxylic acids is 1. The first kappa shape index (κ1) is 13.1. The molecule has 1 aromatic rings. The molecule has 92 valence electrons. The second-order valence-corrected chi connectivity index (χ2v) is 3.21. The molecule has 0 atom stereocenters. The predicted octanol–water partition coefficient (Wildman–Crippen LogP) is 2.25.